The highest BCUT2D eigenvalue weighted by atomic mass is 16.5. The highest BCUT2D eigenvalue weighted by Crippen LogP contribution is 2.60. The molecular formula is C19H26N2O3. The zero-order valence-corrected chi connectivity index (χ0v) is 14.6. The lowest BCUT2D eigenvalue weighted by atomic mass is 9.50. The predicted molar refractivity (Wildman–Crippen MR) is 89.6 cm³/mol. The number of carbonyl (C=O) groups excluding carboxylic acids is 1. The summed E-state index contributed by atoms with van der Waals surface area (Å²) in [6, 6.07) is 0. The molecular weight excluding hydrogens is 304 g/mol. The molecule has 5 heteroatoms. The third kappa shape index (κ3) is 2.89. The fraction of sp³-hybridized carbons (Fsp3) is 0.737. The second kappa shape index (κ2) is 5.71. The Morgan fingerprint density at radius 3 is 2.29 bits per heavy atom. The Morgan fingerprint density at radius 1 is 1.17 bits per heavy atom. The van der Waals surface area contributed by atoms with E-state index in [0.717, 1.165) is 17.8 Å². The van der Waals surface area contributed by atoms with Crippen molar-refractivity contribution in [2.75, 3.05) is 6.61 Å². The van der Waals surface area contributed by atoms with Gasteiger partial charge in [0.25, 0.3) is 5.56 Å². The van der Waals surface area contributed by atoms with E-state index in [2.05, 4.69) is 9.97 Å². The van der Waals surface area contributed by atoms with Gasteiger partial charge in [0.2, 0.25) is 0 Å². The third-order valence-corrected chi connectivity index (χ3v) is 6.37. The molecule has 0 aliphatic heterocycles. The van der Waals surface area contributed by atoms with E-state index in [1.807, 2.05) is 0 Å². The monoisotopic (exact) mass is 330 g/mol. The smallest absolute Gasteiger partial charge is 0.310 e. The summed E-state index contributed by atoms with van der Waals surface area (Å²) in [5.41, 5.74) is 1.03. The lowest BCUT2D eigenvalue weighted by Gasteiger charge is -2.56. The molecule has 24 heavy (non-hydrogen) atoms. The van der Waals surface area contributed by atoms with Gasteiger partial charge in [-0.1, -0.05) is 0 Å². The molecule has 4 saturated carbocycles. The van der Waals surface area contributed by atoms with Crippen molar-refractivity contribution in [3.8, 4) is 0 Å². The fourth-order valence-corrected chi connectivity index (χ4v) is 5.85. The molecule has 130 valence electrons. The highest BCUT2D eigenvalue weighted by molar-refractivity contribution is 5.72. The van der Waals surface area contributed by atoms with Gasteiger partial charge in [-0.15, -0.1) is 0 Å². The fourth-order valence-electron chi connectivity index (χ4n) is 5.85. The molecule has 0 amide bonds. The van der Waals surface area contributed by atoms with Crippen LogP contribution in [0.3, 0.4) is 0 Å². The molecule has 1 heterocycles. The summed E-state index contributed by atoms with van der Waals surface area (Å²) in [6.45, 7) is 4.04. The van der Waals surface area contributed by atoms with Gasteiger partial charge < -0.3 is 9.72 Å². The molecule has 1 aromatic rings. The number of nitrogens with one attached hydrogen (secondary N) is 1. The standard InChI is InChI=1S/C19H26N2O3/c1-11-16(18(23)21-12(2)20-11)6-17(22)24-10-19-7-13-3-14(8-19)5-15(4-13)9-19/h13-15H,3-10H2,1-2H3,(H,20,21,23). The molecule has 1 aromatic heterocycles. The number of carbonyl (C=O) groups is 1. The second-order valence-electron chi connectivity index (χ2n) is 8.47. The van der Waals surface area contributed by atoms with Crippen molar-refractivity contribution < 1.29 is 9.53 Å². The van der Waals surface area contributed by atoms with Crippen molar-refractivity contribution in [1.82, 2.24) is 9.97 Å². The zero-order chi connectivity index (χ0) is 16.9. The van der Waals surface area contributed by atoms with Gasteiger partial charge in [-0.3, -0.25) is 9.59 Å². The Morgan fingerprint density at radius 2 is 1.75 bits per heavy atom. The van der Waals surface area contributed by atoms with E-state index in [4.69, 9.17) is 4.74 Å². The number of esters is 1. The molecule has 1 N–H and O–H groups in total. The van der Waals surface area contributed by atoms with Crippen LogP contribution in [0.1, 0.15) is 55.6 Å². The first-order valence-electron chi connectivity index (χ1n) is 9.14. The molecule has 4 bridgehead atoms. The number of aromatic nitrogens is 2. The molecule has 4 aliphatic rings. The molecule has 5 rings (SSSR count). The van der Waals surface area contributed by atoms with Gasteiger partial charge >= 0.3 is 5.97 Å². The third-order valence-electron chi connectivity index (χ3n) is 6.37. The maximum absolute atomic E-state index is 12.3. The Balaban J connectivity index is 1.40. The topological polar surface area (TPSA) is 72.0 Å². The first-order chi connectivity index (χ1) is 11.4. The summed E-state index contributed by atoms with van der Waals surface area (Å²) in [6.07, 6.45) is 7.83. The molecule has 0 atom stereocenters. The predicted octanol–water partition coefficient (Wildman–Crippen LogP) is 2.69. The van der Waals surface area contributed by atoms with Gasteiger partial charge in [-0.2, -0.15) is 0 Å². The summed E-state index contributed by atoms with van der Waals surface area (Å²) in [4.78, 5) is 31.2. The first kappa shape index (κ1) is 15.9. The van der Waals surface area contributed by atoms with Crippen LogP contribution in [0.2, 0.25) is 0 Å². The van der Waals surface area contributed by atoms with E-state index in [0.29, 0.717) is 23.7 Å². The molecule has 0 aromatic carbocycles. The second-order valence-corrected chi connectivity index (χ2v) is 8.47. The lowest BCUT2D eigenvalue weighted by Crippen LogP contribution is -2.48. The van der Waals surface area contributed by atoms with Gasteiger partial charge in [0.1, 0.15) is 5.82 Å². The van der Waals surface area contributed by atoms with Crippen molar-refractivity contribution in [2.45, 2.75) is 58.8 Å². The van der Waals surface area contributed by atoms with E-state index in [1.54, 1.807) is 13.8 Å². The van der Waals surface area contributed by atoms with Crippen LogP contribution < -0.4 is 5.56 Å². The highest BCUT2D eigenvalue weighted by Gasteiger charge is 2.51. The average molecular weight is 330 g/mol. The van der Waals surface area contributed by atoms with E-state index in [1.165, 1.54) is 38.5 Å². The van der Waals surface area contributed by atoms with Crippen LogP contribution in [0, 0.1) is 37.0 Å². The number of nitrogens with zero attached hydrogens (tertiary/aromatic N) is 1. The molecule has 5 nitrogen and oxygen atoms in total. The zero-order valence-electron chi connectivity index (χ0n) is 14.6. The maximum Gasteiger partial charge on any atom is 0.310 e. The molecule has 4 aliphatic carbocycles. The SMILES string of the molecule is Cc1nc(C)c(CC(=O)OCC23CC4CC(CC(C4)C2)C3)c(=O)[nH]1. The maximum atomic E-state index is 12.3. The van der Waals surface area contributed by atoms with Crippen LogP contribution in [-0.2, 0) is 16.0 Å². The summed E-state index contributed by atoms with van der Waals surface area (Å²) < 4.78 is 5.65. The van der Waals surface area contributed by atoms with Gasteiger partial charge in [-0.05, 0) is 70.1 Å². The van der Waals surface area contributed by atoms with E-state index < -0.39 is 0 Å². The Hall–Kier alpha value is -1.65. The van der Waals surface area contributed by atoms with Gasteiger partial charge in [0.15, 0.2) is 0 Å². The summed E-state index contributed by atoms with van der Waals surface area (Å²) in [7, 11) is 0. The molecule has 4 fully saturated rings. The van der Waals surface area contributed by atoms with Gasteiger partial charge in [-0.25, -0.2) is 4.98 Å². The number of hydrogen-bond donors (Lipinski definition) is 1. The minimum atomic E-state index is -0.301. The van der Waals surface area contributed by atoms with Crippen LogP contribution in [0.4, 0.5) is 0 Å². The van der Waals surface area contributed by atoms with E-state index >= 15 is 0 Å². The number of aromatic amines is 1. The summed E-state index contributed by atoms with van der Waals surface area (Å²) in [5.74, 6) is 2.82. The van der Waals surface area contributed by atoms with Crippen molar-refractivity contribution in [3.63, 3.8) is 0 Å². The van der Waals surface area contributed by atoms with E-state index in [-0.39, 0.29) is 23.4 Å². The Kier molecular flexibility index (Phi) is 3.77. The number of H-pyrrole nitrogens is 1. The quantitative estimate of drug-likeness (QED) is 0.862. The summed E-state index contributed by atoms with van der Waals surface area (Å²) in [5, 5.41) is 0. The largest absolute Gasteiger partial charge is 0.465 e. The average Bonchev–Trinajstić information content (AvgIpc) is 2.47. The van der Waals surface area contributed by atoms with Crippen LogP contribution in [0.5, 0.6) is 0 Å². The van der Waals surface area contributed by atoms with Gasteiger partial charge in [0, 0.05) is 16.7 Å². The Bertz CT molecular complexity index is 687. The minimum absolute atomic E-state index is 0.0147. The number of hydrogen-bond acceptors (Lipinski definition) is 4. The van der Waals surface area contributed by atoms with Crippen molar-refractivity contribution in [1.29, 1.82) is 0 Å². The van der Waals surface area contributed by atoms with Crippen molar-refractivity contribution in [3.05, 3.63) is 27.4 Å². The van der Waals surface area contributed by atoms with E-state index in [9.17, 15) is 9.59 Å². The van der Waals surface area contributed by atoms with Crippen molar-refractivity contribution in [2.24, 2.45) is 23.2 Å². The summed E-state index contributed by atoms with van der Waals surface area (Å²) >= 11 is 0. The molecule has 0 saturated heterocycles. The number of aryl methyl sites for hydroxylation is 2. The van der Waals surface area contributed by atoms with Crippen LogP contribution in [-0.4, -0.2) is 22.5 Å². The molecule has 0 radical (unpaired) electrons. The minimum Gasteiger partial charge on any atom is -0.465 e. The van der Waals surface area contributed by atoms with Crippen LogP contribution in [0.25, 0.3) is 0 Å². The van der Waals surface area contributed by atoms with Crippen molar-refractivity contribution >= 4 is 5.97 Å². The molecule has 0 unspecified atom stereocenters. The lowest BCUT2D eigenvalue weighted by molar-refractivity contribution is -0.154. The Labute approximate surface area is 142 Å². The molecule has 0 spiro atoms. The normalized spacial score (nSPS) is 33.7. The number of rotatable bonds is 4. The first-order valence-corrected chi connectivity index (χ1v) is 9.14. The van der Waals surface area contributed by atoms with Crippen LogP contribution in [0.15, 0.2) is 4.79 Å². The van der Waals surface area contributed by atoms with Gasteiger partial charge in [0.05, 0.1) is 13.0 Å². The van der Waals surface area contributed by atoms with Crippen LogP contribution >= 0.6 is 0 Å². The number of ether oxygens (including phenoxy) is 1.